The largest absolute Gasteiger partial charge is 0.460 e. The van der Waals surface area contributed by atoms with E-state index in [4.69, 9.17) is 4.74 Å². The van der Waals surface area contributed by atoms with E-state index < -0.39 is 0 Å². The lowest BCUT2D eigenvalue weighted by Crippen LogP contribution is -2.41. The topological polar surface area (TPSA) is 29.5 Å². The molecule has 0 heterocycles. The molecule has 1 atom stereocenters. The van der Waals surface area contributed by atoms with Crippen molar-refractivity contribution < 1.29 is 9.53 Å². The maximum Gasteiger partial charge on any atom is 0.323 e. The molecule has 0 aliphatic carbocycles. The fourth-order valence-corrected chi connectivity index (χ4v) is 3.31. The predicted molar refractivity (Wildman–Crippen MR) is 112 cm³/mol. The number of benzene rings is 3. The Hall–Kier alpha value is -2.91. The molecule has 3 nitrogen and oxygen atoms in total. The van der Waals surface area contributed by atoms with Gasteiger partial charge in [0.25, 0.3) is 0 Å². The summed E-state index contributed by atoms with van der Waals surface area (Å²) in [6, 6.07) is 30.1. The summed E-state index contributed by atoms with van der Waals surface area (Å²) >= 11 is 0. The van der Waals surface area contributed by atoms with Gasteiger partial charge in [-0.3, -0.25) is 9.69 Å². The molecule has 0 saturated heterocycles. The first-order valence-corrected chi connectivity index (χ1v) is 9.78. The van der Waals surface area contributed by atoms with Gasteiger partial charge in [-0.2, -0.15) is 0 Å². The highest BCUT2D eigenvalue weighted by Crippen LogP contribution is 2.17. The van der Waals surface area contributed by atoms with E-state index in [2.05, 4.69) is 29.2 Å². The normalized spacial score (nSPS) is 11.9. The number of hydrogen-bond donors (Lipinski definition) is 0. The summed E-state index contributed by atoms with van der Waals surface area (Å²) in [4.78, 5) is 15.1. The molecule has 0 radical (unpaired) electrons. The van der Waals surface area contributed by atoms with Crippen LogP contribution in [0, 0.1) is 0 Å². The van der Waals surface area contributed by atoms with E-state index in [0.29, 0.717) is 26.1 Å². The van der Waals surface area contributed by atoms with Crippen molar-refractivity contribution in [3.05, 3.63) is 108 Å². The molecule has 0 N–H and O–H groups in total. The molecule has 0 aromatic heterocycles. The maximum atomic E-state index is 12.9. The Kier molecular flexibility index (Phi) is 7.39. The summed E-state index contributed by atoms with van der Waals surface area (Å²) < 4.78 is 5.66. The van der Waals surface area contributed by atoms with Crippen LogP contribution in [-0.2, 0) is 29.2 Å². The van der Waals surface area contributed by atoms with Gasteiger partial charge >= 0.3 is 5.97 Å². The highest BCUT2D eigenvalue weighted by atomic mass is 16.5. The van der Waals surface area contributed by atoms with E-state index in [-0.39, 0.29) is 12.0 Å². The van der Waals surface area contributed by atoms with E-state index in [1.54, 1.807) is 0 Å². The van der Waals surface area contributed by atoms with E-state index in [9.17, 15) is 4.79 Å². The minimum atomic E-state index is -0.288. The van der Waals surface area contributed by atoms with Crippen LogP contribution in [0.5, 0.6) is 0 Å². The van der Waals surface area contributed by atoms with Gasteiger partial charge < -0.3 is 4.74 Å². The third kappa shape index (κ3) is 5.80. The van der Waals surface area contributed by atoms with Gasteiger partial charge in [-0.05, 0) is 23.1 Å². The summed E-state index contributed by atoms with van der Waals surface area (Å²) in [5.41, 5.74) is 3.38. The molecule has 0 saturated carbocycles. The number of carbonyl (C=O) groups is 1. The van der Waals surface area contributed by atoms with Gasteiger partial charge in [0.15, 0.2) is 0 Å². The summed E-state index contributed by atoms with van der Waals surface area (Å²) in [6.07, 6.45) is 0.702. The smallest absolute Gasteiger partial charge is 0.323 e. The van der Waals surface area contributed by atoms with E-state index in [1.807, 2.05) is 73.7 Å². The molecular formula is C25H27NO2. The van der Waals surface area contributed by atoms with Gasteiger partial charge in [0.05, 0.1) is 0 Å². The number of nitrogens with zero attached hydrogens (tertiary/aromatic N) is 1. The van der Waals surface area contributed by atoms with Crippen molar-refractivity contribution in [1.82, 2.24) is 4.90 Å². The molecule has 3 heteroatoms. The number of rotatable bonds is 9. The van der Waals surface area contributed by atoms with E-state index in [1.165, 1.54) is 11.1 Å². The highest BCUT2D eigenvalue weighted by Gasteiger charge is 2.26. The lowest BCUT2D eigenvalue weighted by molar-refractivity contribution is -0.152. The number of ether oxygens (including phenoxy) is 1. The molecule has 144 valence electrons. The molecule has 0 fully saturated rings. The molecule has 0 amide bonds. The Bertz CT molecular complexity index is 793. The van der Waals surface area contributed by atoms with Gasteiger partial charge in [-0.25, -0.2) is 0 Å². The van der Waals surface area contributed by atoms with Crippen LogP contribution in [0.1, 0.15) is 30.0 Å². The number of carbonyl (C=O) groups excluding carboxylic acids is 1. The summed E-state index contributed by atoms with van der Waals surface area (Å²) in [5.74, 6) is -0.168. The summed E-state index contributed by atoms with van der Waals surface area (Å²) in [6.45, 7) is 3.75. The summed E-state index contributed by atoms with van der Waals surface area (Å²) in [5, 5.41) is 0. The third-order valence-electron chi connectivity index (χ3n) is 4.78. The minimum Gasteiger partial charge on any atom is -0.460 e. The Morgan fingerprint density at radius 3 is 1.61 bits per heavy atom. The van der Waals surface area contributed by atoms with Crippen molar-refractivity contribution in [2.45, 2.75) is 39.1 Å². The van der Waals surface area contributed by atoms with Crippen LogP contribution < -0.4 is 0 Å². The van der Waals surface area contributed by atoms with Crippen molar-refractivity contribution in [1.29, 1.82) is 0 Å². The van der Waals surface area contributed by atoms with Gasteiger partial charge in [0, 0.05) is 13.1 Å². The van der Waals surface area contributed by atoms with E-state index in [0.717, 1.165) is 5.56 Å². The Labute approximate surface area is 167 Å². The Morgan fingerprint density at radius 1 is 0.750 bits per heavy atom. The van der Waals surface area contributed by atoms with Crippen molar-refractivity contribution in [2.24, 2.45) is 0 Å². The molecular weight excluding hydrogens is 346 g/mol. The Balaban J connectivity index is 1.74. The fourth-order valence-electron chi connectivity index (χ4n) is 3.31. The third-order valence-corrected chi connectivity index (χ3v) is 4.78. The van der Waals surface area contributed by atoms with Crippen LogP contribution in [0.2, 0.25) is 0 Å². The predicted octanol–water partition coefficient (Wildman–Crippen LogP) is 5.21. The van der Waals surface area contributed by atoms with Crippen molar-refractivity contribution in [3.63, 3.8) is 0 Å². The van der Waals surface area contributed by atoms with Gasteiger partial charge in [-0.15, -0.1) is 0 Å². The summed E-state index contributed by atoms with van der Waals surface area (Å²) in [7, 11) is 0. The minimum absolute atomic E-state index is 0.168. The lowest BCUT2D eigenvalue weighted by atomic mass is 10.1. The van der Waals surface area contributed by atoms with Gasteiger partial charge in [0.2, 0.25) is 0 Å². The molecule has 0 bridgehead atoms. The SMILES string of the molecule is CCC(C(=O)OCc1ccccc1)N(Cc1ccccc1)Cc1ccccc1. The molecule has 28 heavy (non-hydrogen) atoms. The maximum absolute atomic E-state index is 12.9. The number of esters is 1. The first-order chi connectivity index (χ1) is 13.8. The molecule has 0 aliphatic rings. The molecule has 1 unspecified atom stereocenters. The molecule has 3 aromatic rings. The van der Waals surface area contributed by atoms with Crippen LogP contribution in [0.25, 0.3) is 0 Å². The highest BCUT2D eigenvalue weighted by molar-refractivity contribution is 5.75. The zero-order valence-corrected chi connectivity index (χ0v) is 16.3. The quantitative estimate of drug-likeness (QED) is 0.482. The zero-order chi connectivity index (χ0) is 19.6. The van der Waals surface area contributed by atoms with Crippen molar-refractivity contribution in [2.75, 3.05) is 0 Å². The van der Waals surface area contributed by atoms with E-state index >= 15 is 0 Å². The monoisotopic (exact) mass is 373 g/mol. The molecule has 3 aromatic carbocycles. The van der Waals surface area contributed by atoms with Crippen molar-refractivity contribution in [3.8, 4) is 0 Å². The van der Waals surface area contributed by atoms with Gasteiger partial charge in [0.1, 0.15) is 12.6 Å². The lowest BCUT2D eigenvalue weighted by Gasteiger charge is -2.29. The van der Waals surface area contributed by atoms with Crippen LogP contribution in [0.4, 0.5) is 0 Å². The molecule has 0 aliphatic heterocycles. The Morgan fingerprint density at radius 2 is 1.18 bits per heavy atom. The van der Waals surface area contributed by atoms with Crippen LogP contribution >= 0.6 is 0 Å². The molecule has 0 spiro atoms. The van der Waals surface area contributed by atoms with Crippen LogP contribution in [0.15, 0.2) is 91.0 Å². The second-order valence-corrected chi connectivity index (χ2v) is 6.89. The average Bonchev–Trinajstić information content (AvgIpc) is 2.75. The second kappa shape index (κ2) is 10.4. The fraction of sp³-hybridized carbons (Fsp3) is 0.240. The standard InChI is InChI=1S/C25H27NO2/c1-2-24(25(27)28-20-23-16-10-5-11-17-23)26(18-21-12-6-3-7-13-21)19-22-14-8-4-9-15-22/h3-17,24H,2,18-20H2,1H3. The van der Waals surface area contributed by atoms with Crippen molar-refractivity contribution >= 4 is 5.97 Å². The zero-order valence-electron chi connectivity index (χ0n) is 16.3. The second-order valence-electron chi connectivity index (χ2n) is 6.89. The van der Waals surface area contributed by atoms with Gasteiger partial charge in [-0.1, -0.05) is 97.9 Å². The first-order valence-electron chi connectivity index (χ1n) is 9.78. The molecule has 3 rings (SSSR count). The average molecular weight is 373 g/mol. The van der Waals surface area contributed by atoms with Crippen LogP contribution in [0.3, 0.4) is 0 Å². The number of hydrogen-bond acceptors (Lipinski definition) is 3. The first kappa shape index (κ1) is 19.8. The van der Waals surface area contributed by atoms with Crippen LogP contribution in [-0.4, -0.2) is 16.9 Å².